The fourth-order valence-corrected chi connectivity index (χ4v) is 6.36. The van der Waals surface area contributed by atoms with E-state index in [1.807, 2.05) is 30.3 Å². The van der Waals surface area contributed by atoms with Crippen LogP contribution >= 0.6 is 0 Å². The van der Waals surface area contributed by atoms with E-state index in [1.165, 1.54) is 4.90 Å². The topological polar surface area (TPSA) is 93.6 Å². The van der Waals surface area contributed by atoms with Gasteiger partial charge in [-0.25, -0.2) is 9.78 Å². The molecule has 2 aliphatic carbocycles. The van der Waals surface area contributed by atoms with Gasteiger partial charge in [0.1, 0.15) is 0 Å². The van der Waals surface area contributed by atoms with E-state index in [1.54, 1.807) is 45.0 Å². The molecule has 0 radical (unpaired) electrons. The van der Waals surface area contributed by atoms with Crippen molar-refractivity contribution in [2.45, 2.75) is 40.0 Å². The first-order valence-electron chi connectivity index (χ1n) is 13.2. The molecule has 2 saturated carbocycles. The van der Waals surface area contributed by atoms with Crippen molar-refractivity contribution in [2.75, 3.05) is 11.5 Å². The average molecular weight is 511 g/mol. The molecule has 1 saturated heterocycles. The van der Waals surface area contributed by atoms with Gasteiger partial charge >= 0.3 is 5.97 Å². The number of carbonyl (C=O) groups excluding carboxylic acids is 4. The number of nitrogens with zero attached hydrogens (tertiary/aromatic N) is 2. The molecule has 7 heteroatoms. The van der Waals surface area contributed by atoms with Crippen molar-refractivity contribution >= 4 is 40.2 Å². The fourth-order valence-electron chi connectivity index (χ4n) is 6.36. The van der Waals surface area contributed by atoms with Gasteiger partial charge in [-0.1, -0.05) is 51.1 Å². The van der Waals surface area contributed by atoms with Crippen molar-refractivity contribution in [2.24, 2.45) is 29.1 Å². The highest BCUT2D eigenvalue weighted by molar-refractivity contribution is 6.22. The molecule has 38 heavy (non-hydrogen) atoms. The zero-order chi connectivity index (χ0) is 26.8. The molecule has 4 atom stereocenters. The zero-order valence-electron chi connectivity index (χ0n) is 21.8. The molecular formula is C31H30N2O5. The molecule has 0 unspecified atom stereocenters. The van der Waals surface area contributed by atoms with Gasteiger partial charge in [0.25, 0.3) is 0 Å². The van der Waals surface area contributed by atoms with E-state index in [0.717, 1.165) is 24.8 Å². The number of anilines is 1. The normalized spacial score (nSPS) is 24.2. The summed E-state index contributed by atoms with van der Waals surface area (Å²) in [5.41, 5.74) is 2.20. The number of imide groups is 1. The van der Waals surface area contributed by atoms with Crippen LogP contribution in [0.3, 0.4) is 0 Å². The monoisotopic (exact) mass is 510 g/mol. The third-order valence-corrected chi connectivity index (χ3v) is 8.46. The van der Waals surface area contributed by atoms with Crippen LogP contribution in [0.25, 0.3) is 22.2 Å². The van der Waals surface area contributed by atoms with Crippen LogP contribution in [0.2, 0.25) is 0 Å². The molecule has 0 spiro atoms. The summed E-state index contributed by atoms with van der Waals surface area (Å²) in [5.74, 6) is -0.550. The van der Waals surface area contributed by atoms with E-state index in [0.29, 0.717) is 39.7 Å². The Bertz CT molecular complexity index is 1460. The molecule has 6 rings (SSSR count). The minimum Gasteiger partial charge on any atom is -0.454 e. The lowest BCUT2D eigenvalue weighted by Gasteiger charge is -2.19. The minimum absolute atomic E-state index is 0.0707. The molecule has 2 amide bonds. The van der Waals surface area contributed by atoms with E-state index in [2.05, 4.69) is 0 Å². The number of hydrogen-bond acceptors (Lipinski definition) is 6. The molecule has 2 aromatic carbocycles. The predicted molar refractivity (Wildman–Crippen MR) is 142 cm³/mol. The molecule has 194 valence electrons. The zero-order valence-corrected chi connectivity index (χ0v) is 21.8. The summed E-state index contributed by atoms with van der Waals surface area (Å²) in [7, 11) is 0. The highest BCUT2D eigenvalue weighted by atomic mass is 16.5. The molecule has 3 aromatic rings. The number of ketones is 1. The van der Waals surface area contributed by atoms with E-state index >= 15 is 0 Å². The number of fused-ring (bicyclic) bond motifs is 6. The van der Waals surface area contributed by atoms with Crippen LogP contribution < -0.4 is 4.90 Å². The molecule has 2 bridgehead atoms. The average Bonchev–Trinajstić information content (AvgIpc) is 3.59. The van der Waals surface area contributed by atoms with Gasteiger partial charge in [0.05, 0.1) is 34.3 Å². The maximum atomic E-state index is 13.2. The number of carbonyl (C=O) groups is 4. The van der Waals surface area contributed by atoms with Crippen LogP contribution in [0, 0.1) is 29.1 Å². The summed E-state index contributed by atoms with van der Waals surface area (Å²) in [6.07, 6.45) is 3.09. The second-order valence-corrected chi connectivity index (χ2v) is 11.8. The van der Waals surface area contributed by atoms with Gasteiger partial charge in [0.2, 0.25) is 11.8 Å². The number of aromatic nitrogens is 1. The Balaban J connectivity index is 1.29. The molecule has 1 aromatic heterocycles. The van der Waals surface area contributed by atoms with Crippen LogP contribution in [0.4, 0.5) is 5.69 Å². The quantitative estimate of drug-likeness (QED) is 0.346. The highest BCUT2D eigenvalue weighted by Gasteiger charge is 2.61. The summed E-state index contributed by atoms with van der Waals surface area (Å²) in [5, 5.41) is 0.635. The lowest BCUT2D eigenvalue weighted by Crippen LogP contribution is -2.32. The number of esters is 1. The van der Waals surface area contributed by atoms with Gasteiger partial charge < -0.3 is 4.74 Å². The Morgan fingerprint density at radius 1 is 0.947 bits per heavy atom. The molecule has 3 fully saturated rings. The van der Waals surface area contributed by atoms with Gasteiger partial charge in [-0.2, -0.15) is 0 Å². The largest absolute Gasteiger partial charge is 0.454 e. The third-order valence-electron chi connectivity index (χ3n) is 8.46. The lowest BCUT2D eigenvalue weighted by molar-refractivity contribution is -0.129. The molecule has 1 aliphatic heterocycles. The van der Waals surface area contributed by atoms with Crippen molar-refractivity contribution in [3.63, 3.8) is 0 Å². The maximum absolute atomic E-state index is 13.2. The number of Topliss-reactive ketones (excluding diaryl/α,β-unsaturated/α-hetero) is 1. The molecule has 0 N–H and O–H groups in total. The summed E-state index contributed by atoms with van der Waals surface area (Å²) < 4.78 is 5.39. The van der Waals surface area contributed by atoms with Crippen molar-refractivity contribution < 1.29 is 23.9 Å². The number of pyridine rings is 1. The van der Waals surface area contributed by atoms with Gasteiger partial charge in [0.15, 0.2) is 12.4 Å². The van der Waals surface area contributed by atoms with E-state index < -0.39 is 11.4 Å². The van der Waals surface area contributed by atoms with Gasteiger partial charge in [0, 0.05) is 16.4 Å². The van der Waals surface area contributed by atoms with E-state index in [-0.39, 0.29) is 36.0 Å². The molecule has 2 heterocycles. The first-order valence-corrected chi connectivity index (χ1v) is 13.2. The first-order chi connectivity index (χ1) is 18.1. The summed E-state index contributed by atoms with van der Waals surface area (Å²) in [4.78, 5) is 57.8. The highest BCUT2D eigenvalue weighted by Crippen LogP contribution is 2.56. The van der Waals surface area contributed by atoms with Gasteiger partial charge in [-0.15, -0.1) is 0 Å². The van der Waals surface area contributed by atoms with Crippen molar-refractivity contribution in [3.05, 3.63) is 60.2 Å². The smallest absolute Gasteiger partial charge is 0.339 e. The van der Waals surface area contributed by atoms with Crippen molar-refractivity contribution in [1.29, 1.82) is 0 Å². The summed E-state index contributed by atoms with van der Waals surface area (Å²) in [6, 6.07) is 16.1. The van der Waals surface area contributed by atoms with Crippen LogP contribution in [-0.2, 0) is 19.1 Å². The van der Waals surface area contributed by atoms with Gasteiger partial charge in [-0.05, 0) is 55.4 Å². The summed E-state index contributed by atoms with van der Waals surface area (Å²) in [6.45, 7) is 5.05. The number of amides is 2. The SMILES string of the molecule is CC(C)(C)C(=O)COC(=O)c1cc(-c2ccc(N3C(=O)[C@H]4[C@H]5CC[C@@H](C5)[C@@H]4C3=O)cc2)nc2ccccc12. The second-order valence-electron chi connectivity index (χ2n) is 11.8. The third kappa shape index (κ3) is 3.92. The minimum atomic E-state index is -0.607. The standard InChI is InChI=1S/C31H30N2O5/c1-31(2,3)25(34)16-38-30(37)22-15-24(32-23-7-5-4-6-21(22)23)17-10-12-20(13-11-17)33-28(35)26-18-8-9-19(14-18)27(26)29(33)36/h4-7,10-13,15,18-19,26-27H,8-9,14,16H2,1-3H3/t18-,19-,26-,27-/m0/s1. The van der Waals surface area contributed by atoms with Gasteiger partial charge in [-0.3, -0.25) is 19.3 Å². The number of para-hydroxylation sites is 1. The van der Waals surface area contributed by atoms with Crippen LogP contribution in [0.5, 0.6) is 0 Å². The first kappa shape index (κ1) is 24.5. The Morgan fingerprint density at radius 3 is 2.21 bits per heavy atom. The Kier molecular flexibility index (Phi) is 5.70. The van der Waals surface area contributed by atoms with E-state index in [9.17, 15) is 19.2 Å². The Labute approximate surface area is 221 Å². The maximum Gasteiger partial charge on any atom is 0.339 e. The van der Waals surface area contributed by atoms with Crippen LogP contribution in [-0.4, -0.2) is 35.2 Å². The number of ether oxygens (including phenoxy) is 1. The van der Waals surface area contributed by atoms with Crippen molar-refractivity contribution in [3.8, 4) is 11.3 Å². The Morgan fingerprint density at radius 2 is 1.58 bits per heavy atom. The molecular weight excluding hydrogens is 480 g/mol. The van der Waals surface area contributed by atoms with Crippen LogP contribution in [0.15, 0.2) is 54.6 Å². The lowest BCUT2D eigenvalue weighted by atomic mass is 9.81. The molecule has 7 nitrogen and oxygen atoms in total. The number of hydrogen-bond donors (Lipinski definition) is 0. The fraction of sp³-hybridized carbons (Fsp3) is 0.387. The summed E-state index contributed by atoms with van der Waals surface area (Å²) >= 11 is 0. The second kappa shape index (κ2) is 8.86. The van der Waals surface area contributed by atoms with Crippen LogP contribution in [0.1, 0.15) is 50.4 Å². The number of benzene rings is 2. The Hall–Kier alpha value is -3.87. The predicted octanol–water partition coefficient (Wildman–Crippen LogP) is 5.21. The number of rotatable bonds is 5. The molecule has 3 aliphatic rings. The van der Waals surface area contributed by atoms with Crippen molar-refractivity contribution in [1.82, 2.24) is 4.98 Å². The van der Waals surface area contributed by atoms with E-state index in [4.69, 9.17) is 9.72 Å².